The molecule has 1 amide bonds. The quantitative estimate of drug-likeness (QED) is 0.784. The van der Waals surface area contributed by atoms with Gasteiger partial charge in [0, 0.05) is 21.5 Å². The number of rotatable bonds is 4. The second-order valence-corrected chi connectivity index (χ2v) is 6.82. The third-order valence-corrected chi connectivity index (χ3v) is 5.46. The van der Waals surface area contributed by atoms with Gasteiger partial charge in [0.2, 0.25) is 0 Å². The number of fused-ring (bicyclic) bond motifs is 1. The van der Waals surface area contributed by atoms with Gasteiger partial charge in [-0.25, -0.2) is 0 Å². The highest BCUT2D eigenvalue weighted by Crippen LogP contribution is 2.34. The van der Waals surface area contributed by atoms with Crippen LogP contribution in [0, 0.1) is 0 Å². The van der Waals surface area contributed by atoms with Gasteiger partial charge in [0.05, 0.1) is 12.2 Å². The predicted molar refractivity (Wildman–Crippen MR) is 91.0 cm³/mol. The smallest absolute Gasteiger partial charge is 0.266 e. The molecule has 2 aromatic heterocycles. The molecule has 3 aromatic rings. The lowest BCUT2D eigenvalue weighted by molar-refractivity contribution is 0.0760. The number of nitrogen functional groups attached to an aromatic ring is 1. The molecular weight excluding hydrogens is 300 g/mol. The minimum Gasteiger partial charge on any atom is -0.397 e. The largest absolute Gasteiger partial charge is 0.397 e. The van der Waals surface area contributed by atoms with E-state index < -0.39 is 0 Å². The molecule has 2 heterocycles. The molecule has 0 fully saturated rings. The van der Waals surface area contributed by atoms with Crippen LogP contribution in [0.5, 0.6) is 0 Å². The van der Waals surface area contributed by atoms with Gasteiger partial charge >= 0.3 is 0 Å². The number of carbonyl (C=O) groups is 1. The molecule has 1 aromatic carbocycles. The molecule has 3 nitrogen and oxygen atoms in total. The second kappa shape index (κ2) is 5.87. The van der Waals surface area contributed by atoms with E-state index in [1.807, 2.05) is 47.5 Å². The summed E-state index contributed by atoms with van der Waals surface area (Å²) in [6.07, 6.45) is 0. The highest BCUT2D eigenvalue weighted by molar-refractivity contribution is 7.21. The Bertz CT molecular complexity index is 762. The van der Waals surface area contributed by atoms with Crippen molar-refractivity contribution in [3.05, 3.63) is 51.5 Å². The van der Waals surface area contributed by atoms with Crippen LogP contribution < -0.4 is 5.73 Å². The van der Waals surface area contributed by atoms with Crippen LogP contribution in [0.15, 0.2) is 41.8 Å². The number of benzene rings is 1. The van der Waals surface area contributed by atoms with E-state index in [4.69, 9.17) is 5.73 Å². The van der Waals surface area contributed by atoms with Crippen LogP contribution in [-0.2, 0) is 6.54 Å². The maximum absolute atomic E-state index is 12.8. The molecule has 0 bridgehead atoms. The van der Waals surface area contributed by atoms with Gasteiger partial charge in [0.25, 0.3) is 5.91 Å². The molecule has 0 aliphatic carbocycles. The second-order valence-electron chi connectivity index (χ2n) is 4.74. The number of nitrogens with zero attached hydrogens (tertiary/aromatic N) is 1. The van der Waals surface area contributed by atoms with Crippen LogP contribution in [0.25, 0.3) is 10.1 Å². The number of carbonyl (C=O) groups excluding carboxylic acids is 1. The Morgan fingerprint density at radius 1 is 1.24 bits per heavy atom. The molecule has 0 spiro atoms. The SMILES string of the molecule is CCN(Cc1cccs1)C(=O)c1sc2ccccc2c1N. The van der Waals surface area contributed by atoms with Gasteiger partial charge in [-0.3, -0.25) is 4.79 Å². The summed E-state index contributed by atoms with van der Waals surface area (Å²) in [5.41, 5.74) is 6.77. The first-order valence-electron chi connectivity index (χ1n) is 6.79. The molecule has 2 N–H and O–H groups in total. The fraction of sp³-hybridized carbons (Fsp3) is 0.188. The number of nitrogens with two attached hydrogens (primary N) is 1. The summed E-state index contributed by atoms with van der Waals surface area (Å²) < 4.78 is 1.06. The molecule has 0 saturated heterocycles. The van der Waals surface area contributed by atoms with Gasteiger partial charge in [-0.15, -0.1) is 22.7 Å². The van der Waals surface area contributed by atoms with E-state index in [1.165, 1.54) is 16.2 Å². The minimum absolute atomic E-state index is 0.0181. The van der Waals surface area contributed by atoms with Gasteiger partial charge in [0.15, 0.2) is 0 Å². The lowest BCUT2D eigenvalue weighted by atomic mass is 10.2. The topological polar surface area (TPSA) is 46.3 Å². The molecule has 5 heteroatoms. The highest BCUT2D eigenvalue weighted by Gasteiger charge is 2.21. The van der Waals surface area contributed by atoms with E-state index in [2.05, 4.69) is 6.07 Å². The Balaban J connectivity index is 1.93. The third-order valence-electron chi connectivity index (χ3n) is 3.42. The minimum atomic E-state index is 0.0181. The zero-order chi connectivity index (χ0) is 14.8. The standard InChI is InChI=1S/C16H16N2OS2/c1-2-18(10-11-6-5-9-20-11)16(19)15-14(17)12-7-3-4-8-13(12)21-15/h3-9H,2,10,17H2,1H3. The van der Waals surface area contributed by atoms with Crippen LogP contribution in [0.4, 0.5) is 5.69 Å². The van der Waals surface area contributed by atoms with Gasteiger partial charge < -0.3 is 10.6 Å². The van der Waals surface area contributed by atoms with Crippen LogP contribution in [0.3, 0.4) is 0 Å². The predicted octanol–water partition coefficient (Wildman–Crippen LogP) is 4.21. The molecule has 3 rings (SSSR count). The first-order valence-corrected chi connectivity index (χ1v) is 8.49. The molecule has 0 unspecified atom stereocenters. The summed E-state index contributed by atoms with van der Waals surface area (Å²) in [6, 6.07) is 11.9. The number of amides is 1. The van der Waals surface area contributed by atoms with Crippen molar-refractivity contribution >= 4 is 44.4 Å². The molecule has 0 saturated carbocycles. The summed E-state index contributed by atoms with van der Waals surface area (Å²) in [5, 5.41) is 3.00. The zero-order valence-corrected chi connectivity index (χ0v) is 13.3. The summed E-state index contributed by atoms with van der Waals surface area (Å²) in [4.78, 5) is 16.4. The van der Waals surface area contributed by atoms with E-state index in [-0.39, 0.29) is 5.91 Å². The van der Waals surface area contributed by atoms with Crippen molar-refractivity contribution in [3.8, 4) is 0 Å². The fourth-order valence-corrected chi connectivity index (χ4v) is 4.10. The summed E-state index contributed by atoms with van der Waals surface area (Å²) in [7, 11) is 0. The van der Waals surface area contributed by atoms with Crippen molar-refractivity contribution in [1.82, 2.24) is 4.90 Å². The Kier molecular flexibility index (Phi) is 3.94. The van der Waals surface area contributed by atoms with Crippen LogP contribution in [-0.4, -0.2) is 17.4 Å². The van der Waals surface area contributed by atoms with Crippen molar-refractivity contribution < 1.29 is 4.79 Å². The van der Waals surface area contributed by atoms with Crippen molar-refractivity contribution in [2.75, 3.05) is 12.3 Å². The van der Waals surface area contributed by atoms with E-state index in [0.29, 0.717) is 23.7 Å². The normalized spacial score (nSPS) is 10.9. The van der Waals surface area contributed by atoms with E-state index >= 15 is 0 Å². The Labute approximate surface area is 131 Å². The summed E-state index contributed by atoms with van der Waals surface area (Å²) >= 11 is 3.14. The van der Waals surface area contributed by atoms with Crippen molar-refractivity contribution in [1.29, 1.82) is 0 Å². The van der Waals surface area contributed by atoms with Crippen molar-refractivity contribution in [2.24, 2.45) is 0 Å². The summed E-state index contributed by atoms with van der Waals surface area (Å²) in [6.45, 7) is 3.31. The van der Waals surface area contributed by atoms with Gasteiger partial charge in [-0.1, -0.05) is 24.3 Å². The fourth-order valence-electron chi connectivity index (χ4n) is 2.29. The molecule has 108 valence electrons. The molecule has 0 atom stereocenters. The Morgan fingerprint density at radius 3 is 2.71 bits per heavy atom. The first-order chi connectivity index (χ1) is 10.2. The van der Waals surface area contributed by atoms with Gasteiger partial charge in [0.1, 0.15) is 4.88 Å². The lowest BCUT2D eigenvalue weighted by Gasteiger charge is -2.19. The number of anilines is 1. The third kappa shape index (κ3) is 2.66. The molecule has 0 aliphatic rings. The van der Waals surface area contributed by atoms with E-state index in [9.17, 15) is 4.79 Å². The van der Waals surface area contributed by atoms with Crippen molar-refractivity contribution in [3.63, 3.8) is 0 Å². The lowest BCUT2D eigenvalue weighted by Crippen LogP contribution is -2.29. The van der Waals surface area contributed by atoms with Crippen LogP contribution >= 0.6 is 22.7 Å². The van der Waals surface area contributed by atoms with Crippen LogP contribution in [0.2, 0.25) is 0 Å². The van der Waals surface area contributed by atoms with Gasteiger partial charge in [-0.05, 0) is 24.4 Å². The molecule has 0 radical (unpaired) electrons. The number of hydrogen-bond acceptors (Lipinski definition) is 4. The van der Waals surface area contributed by atoms with E-state index in [0.717, 1.165) is 10.1 Å². The van der Waals surface area contributed by atoms with Crippen molar-refractivity contribution in [2.45, 2.75) is 13.5 Å². The first kappa shape index (κ1) is 14.1. The van der Waals surface area contributed by atoms with Gasteiger partial charge in [-0.2, -0.15) is 0 Å². The average molecular weight is 316 g/mol. The highest BCUT2D eigenvalue weighted by atomic mass is 32.1. The summed E-state index contributed by atoms with van der Waals surface area (Å²) in [5.74, 6) is 0.0181. The van der Waals surface area contributed by atoms with Crippen LogP contribution in [0.1, 0.15) is 21.5 Å². The number of thiophene rings is 2. The maximum atomic E-state index is 12.8. The average Bonchev–Trinajstić information content (AvgIpc) is 3.13. The Morgan fingerprint density at radius 2 is 2.05 bits per heavy atom. The monoisotopic (exact) mass is 316 g/mol. The number of hydrogen-bond donors (Lipinski definition) is 1. The molecule has 0 aliphatic heterocycles. The Hall–Kier alpha value is -1.85. The van der Waals surface area contributed by atoms with E-state index in [1.54, 1.807) is 11.3 Å². The molecular formula is C16H16N2OS2. The maximum Gasteiger partial charge on any atom is 0.266 e. The molecule has 21 heavy (non-hydrogen) atoms. The zero-order valence-electron chi connectivity index (χ0n) is 11.7.